The van der Waals surface area contributed by atoms with Crippen molar-refractivity contribution in [1.29, 1.82) is 5.26 Å². The minimum absolute atomic E-state index is 0.524. The van der Waals surface area contributed by atoms with E-state index in [0.29, 0.717) is 12.2 Å². The quantitative estimate of drug-likeness (QED) is 0.556. The molecule has 110 valence electrons. The Hall–Kier alpha value is -3.25. The van der Waals surface area contributed by atoms with E-state index in [2.05, 4.69) is 6.07 Å². The molecule has 0 N–H and O–H groups in total. The van der Waals surface area contributed by atoms with Gasteiger partial charge in [-0.05, 0) is 23.8 Å². The molecule has 3 nitrogen and oxygen atoms in total. The van der Waals surface area contributed by atoms with Gasteiger partial charge in [-0.15, -0.1) is 0 Å². The van der Waals surface area contributed by atoms with Gasteiger partial charge in [-0.25, -0.2) is 0 Å². The van der Waals surface area contributed by atoms with Crippen LogP contribution in [0.15, 0.2) is 72.9 Å². The summed E-state index contributed by atoms with van der Waals surface area (Å²) < 4.78 is 7.91. The minimum atomic E-state index is 0.524. The van der Waals surface area contributed by atoms with Crippen molar-refractivity contribution in [3.8, 4) is 11.8 Å². The molecular formula is C20H14N2O. The van der Waals surface area contributed by atoms with E-state index in [1.54, 1.807) is 0 Å². The van der Waals surface area contributed by atoms with E-state index < -0.39 is 0 Å². The van der Waals surface area contributed by atoms with E-state index in [9.17, 15) is 5.26 Å². The lowest BCUT2D eigenvalue weighted by Gasteiger charge is -2.07. The molecule has 3 heteroatoms. The molecule has 0 aliphatic rings. The largest absolute Gasteiger partial charge is 0.487 e. The molecule has 0 aliphatic heterocycles. The van der Waals surface area contributed by atoms with Crippen molar-refractivity contribution >= 4 is 16.4 Å². The van der Waals surface area contributed by atoms with Crippen LogP contribution in [0.2, 0.25) is 0 Å². The molecule has 0 bridgehead atoms. The first kappa shape index (κ1) is 13.4. The summed E-state index contributed by atoms with van der Waals surface area (Å²) >= 11 is 0. The molecule has 4 aromatic rings. The number of pyridine rings is 1. The van der Waals surface area contributed by atoms with Gasteiger partial charge in [0.05, 0.1) is 22.8 Å². The molecule has 0 saturated carbocycles. The molecule has 0 unspecified atom stereocenters. The first-order valence-electron chi connectivity index (χ1n) is 7.46. The smallest absolute Gasteiger partial charge is 0.136 e. The molecule has 0 aliphatic carbocycles. The van der Waals surface area contributed by atoms with Crippen molar-refractivity contribution in [3.05, 3.63) is 84.1 Å². The summed E-state index contributed by atoms with van der Waals surface area (Å²) in [5.41, 5.74) is 3.75. The number of hydrogen-bond donors (Lipinski definition) is 0. The van der Waals surface area contributed by atoms with Crippen molar-refractivity contribution in [2.75, 3.05) is 0 Å². The summed E-state index contributed by atoms with van der Waals surface area (Å²) in [5.74, 6) is 0.784. The molecule has 2 aromatic heterocycles. The molecule has 2 heterocycles. The predicted molar refractivity (Wildman–Crippen MR) is 90.4 cm³/mol. The Labute approximate surface area is 134 Å². The number of hydrogen-bond acceptors (Lipinski definition) is 2. The van der Waals surface area contributed by atoms with E-state index in [1.165, 1.54) is 0 Å². The minimum Gasteiger partial charge on any atom is -0.487 e. The second kappa shape index (κ2) is 5.51. The van der Waals surface area contributed by atoms with E-state index in [1.807, 2.05) is 77.3 Å². The lowest BCUT2D eigenvalue weighted by molar-refractivity contribution is 0.305. The van der Waals surface area contributed by atoms with Gasteiger partial charge in [0.15, 0.2) is 0 Å². The second-order valence-electron chi connectivity index (χ2n) is 5.40. The number of ether oxygens (including phenoxy) is 1. The van der Waals surface area contributed by atoms with E-state index in [-0.39, 0.29) is 0 Å². The summed E-state index contributed by atoms with van der Waals surface area (Å²) in [6.07, 6.45) is 1.95. The Kier molecular flexibility index (Phi) is 3.21. The Morgan fingerprint density at radius 3 is 2.48 bits per heavy atom. The number of rotatable bonds is 3. The van der Waals surface area contributed by atoms with Crippen LogP contribution in [0.4, 0.5) is 0 Å². The fourth-order valence-corrected chi connectivity index (χ4v) is 2.86. The zero-order valence-corrected chi connectivity index (χ0v) is 12.4. The van der Waals surface area contributed by atoms with Gasteiger partial charge in [0.1, 0.15) is 18.4 Å². The average Bonchev–Trinajstić information content (AvgIpc) is 2.94. The van der Waals surface area contributed by atoms with Crippen molar-refractivity contribution in [2.45, 2.75) is 6.61 Å². The maximum Gasteiger partial charge on any atom is 0.136 e. The molecule has 0 amide bonds. The maximum absolute atomic E-state index is 9.45. The summed E-state index contributed by atoms with van der Waals surface area (Å²) in [6, 6.07) is 24.2. The third-order valence-electron chi connectivity index (χ3n) is 3.97. The van der Waals surface area contributed by atoms with Gasteiger partial charge in [0.25, 0.3) is 0 Å². The Bertz CT molecular complexity index is 1030. The molecule has 0 atom stereocenters. The highest BCUT2D eigenvalue weighted by molar-refractivity contribution is 5.95. The maximum atomic E-state index is 9.45. The number of fused-ring (bicyclic) bond motifs is 3. The molecule has 0 saturated heterocycles. The normalized spacial score (nSPS) is 10.7. The zero-order chi connectivity index (χ0) is 15.6. The Morgan fingerprint density at radius 2 is 1.65 bits per heavy atom. The van der Waals surface area contributed by atoms with E-state index in [4.69, 9.17) is 4.74 Å². The van der Waals surface area contributed by atoms with Crippen molar-refractivity contribution in [1.82, 2.24) is 4.40 Å². The first-order chi connectivity index (χ1) is 11.4. The number of nitrogens with zero attached hydrogens (tertiary/aromatic N) is 2. The monoisotopic (exact) mass is 298 g/mol. The van der Waals surface area contributed by atoms with Gasteiger partial charge in [-0.1, -0.05) is 48.5 Å². The summed E-state index contributed by atoms with van der Waals surface area (Å²) in [4.78, 5) is 0. The third-order valence-corrected chi connectivity index (χ3v) is 3.97. The molecule has 0 fully saturated rings. The fraction of sp³-hybridized carbons (Fsp3) is 0.0500. The SMILES string of the molecule is N#Cc1c2ccccc2n2cc(OCc3ccccc3)ccc12. The van der Waals surface area contributed by atoms with E-state index in [0.717, 1.165) is 27.7 Å². The van der Waals surface area contributed by atoms with Gasteiger partial charge in [-0.2, -0.15) is 5.26 Å². The van der Waals surface area contributed by atoms with Crippen LogP contribution in [0, 0.1) is 11.3 Å². The fourth-order valence-electron chi connectivity index (χ4n) is 2.86. The highest BCUT2D eigenvalue weighted by Gasteiger charge is 2.11. The predicted octanol–water partition coefficient (Wildman–Crippen LogP) is 4.54. The summed E-state index contributed by atoms with van der Waals surface area (Å²) in [7, 11) is 0. The molecule has 0 radical (unpaired) electrons. The standard InChI is InChI=1S/C20H14N2O/c21-12-18-17-8-4-5-9-19(17)22-13-16(10-11-20(18)22)23-14-15-6-2-1-3-7-15/h1-11,13H,14H2. The van der Waals surface area contributed by atoms with Crippen molar-refractivity contribution in [3.63, 3.8) is 0 Å². The van der Waals surface area contributed by atoms with Crippen molar-refractivity contribution in [2.24, 2.45) is 0 Å². The van der Waals surface area contributed by atoms with Gasteiger partial charge in [0.2, 0.25) is 0 Å². The second-order valence-corrected chi connectivity index (χ2v) is 5.40. The molecular weight excluding hydrogens is 284 g/mol. The molecule has 2 aromatic carbocycles. The average molecular weight is 298 g/mol. The van der Waals surface area contributed by atoms with E-state index >= 15 is 0 Å². The van der Waals surface area contributed by atoms with Crippen LogP contribution in [-0.2, 0) is 6.61 Å². The molecule has 23 heavy (non-hydrogen) atoms. The third kappa shape index (κ3) is 2.31. The van der Waals surface area contributed by atoms with Crippen LogP contribution in [-0.4, -0.2) is 4.40 Å². The summed E-state index contributed by atoms with van der Waals surface area (Å²) in [5, 5.41) is 10.4. The van der Waals surface area contributed by atoms with Crippen LogP contribution in [0.1, 0.15) is 11.1 Å². The van der Waals surface area contributed by atoms with Crippen LogP contribution in [0.25, 0.3) is 16.4 Å². The van der Waals surface area contributed by atoms with Crippen molar-refractivity contribution < 1.29 is 4.74 Å². The zero-order valence-electron chi connectivity index (χ0n) is 12.4. The van der Waals surface area contributed by atoms with Crippen LogP contribution >= 0.6 is 0 Å². The van der Waals surface area contributed by atoms with Gasteiger partial charge in [0, 0.05) is 5.39 Å². The van der Waals surface area contributed by atoms with Gasteiger partial charge >= 0.3 is 0 Å². The molecule has 0 spiro atoms. The van der Waals surface area contributed by atoms with Crippen LogP contribution in [0.3, 0.4) is 0 Å². The number of aromatic nitrogens is 1. The first-order valence-corrected chi connectivity index (χ1v) is 7.46. The highest BCUT2D eigenvalue weighted by Crippen LogP contribution is 2.28. The Morgan fingerprint density at radius 1 is 0.870 bits per heavy atom. The lowest BCUT2D eigenvalue weighted by atomic mass is 10.2. The highest BCUT2D eigenvalue weighted by atomic mass is 16.5. The number of nitriles is 1. The number of benzene rings is 2. The van der Waals surface area contributed by atoms with Gasteiger partial charge in [-0.3, -0.25) is 0 Å². The number of para-hydroxylation sites is 1. The van der Waals surface area contributed by atoms with Gasteiger partial charge < -0.3 is 9.14 Å². The van der Waals surface area contributed by atoms with Crippen LogP contribution in [0.5, 0.6) is 5.75 Å². The molecule has 4 rings (SSSR count). The Balaban J connectivity index is 1.76. The topological polar surface area (TPSA) is 37.4 Å². The summed E-state index contributed by atoms with van der Waals surface area (Å²) in [6.45, 7) is 0.524. The van der Waals surface area contributed by atoms with Crippen LogP contribution < -0.4 is 4.74 Å². The lowest BCUT2D eigenvalue weighted by Crippen LogP contribution is -1.96.